The lowest BCUT2D eigenvalue weighted by Gasteiger charge is -2.23. The van der Waals surface area contributed by atoms with Crippen molar-refractivity contribution in [2.24, 2.45) is 0 Å². The second-order valence-electron chi connectivity index (χ2n) is 6.23. The molecule has 0 bridgehead atoms. The molecule has 0 heterocycles. The minimum atomic E-state index is 0.165. The SMILES string of the molecule is CCCOc1ccc(C(C)(C)C)cc1C(C)CCCl. The Labute approximate surface area is 123 Å². The first-order chi connectivity index (χ1) is 8.90. The topological polar surface area (TPSA) is 9.23 Å². The van der Waals surface area contributed by atoms with Crippen molar-refractivity contribution in [1.82, 2.24) is 0 Å². The van der Waals surface area contributed by atoms with Crippen molar-refractivity contribution in [2.45, 2.75) is 58.8 Å². The highest BCUT2D eigenvalue weighted by Crippen LogP contribution is 2.34. The Balaban J connectivity index is 3.10. The van der Waals surface area contributed by atoms with Crippen LogP contribution in [0.4, 0.5) is 0 Å². The summed E-state index contributed by atoms with van der Waals surface area (Å²) in [5.41, 5.74) is 2.81. The van der Waals surface area contributed by atoms with Crippen molar-refractivity contribution in [2.75, 3.05) is 12.5 Å². The number of hydrogen-bond donors (Lipinski definition) is 0. The zero-order valence-corrected chi connectivity index (χ0v) is 13.7. The molecule has 0 saturated heterocycles. The van der Waals surface area contributed by atoms with Crippen LogP contribution in [0.2, 0.25) is 0 Å². The van der Waals surface area contributed by atoms with E-state index in [-0.39, 0.29) is 5.41 Å². The Kier molecular flexibility index (Phi) is 6.19. The highest BCUT2D eigenvalue weighted by Gasteiger charge is 2.18. The third kappa shape index (κ3) is 4.72. The van der Waals surface area contributed by atoms with Gasteiger partial charge in [0.05, 0.1) is 6.61 Å². The largest absolute Gasteiger partial charge is 0.493 e. The maximum Gasteiger partial charge on any atom is 0.122 e. The Bertz CT molecular complexity index is 393. The molecule has 2 heteroatoms. The average molecular weight is 283 g/mol. The lowest BCUT2D eigenvalue weighted by molar-refractivity contribution is 0.312. The Hall–Kier alpha value is -0.690. The molecule has 108 valence electrons. The zero-order chi connectivity index (χ0) is 14.5. The van der Waals surface area contributed by atoms with Gasteiger partial charge in [-0.15, -0.1) is 11.6 Å². The summed E-state index contributed by atoms with van der Waals surface area (Å²) in [7, 11) is 0. The highest BCUT2D eigenvalue weighted by molar-refractivity contribution is 6.17. The summed E-state index contributed by atoms with van der Waals surface area (Å²) in [6.07, 6.45) is 2.02. The predicted molar refractivity (Wildman–Crippen MR) is 84.7 cm³/mol. The molecule has 0 aliphatic rings. The molecule has 1 nitrogen and oxygen atoms in total. The molecular weight excluding hydrogens is 256 g/mol. The van der Waals surface area contributed by atoms with Crippen molar-refractivity contribution in [3.05, 3.63) is 29.3 Å². The normalized spacial score (nSPS) is 13.4. The zero-order valence-electron chi connectivity index (χ0n) is 12.9. The number of halogens is 1. The summed E-state index contributed by atoms with van der Waals surface area (Å²) in [4.78, 5) is 0. The fourth-order valence-corrected chi connectivity index (χ4v) is 2.39. The summed E-state index contributed by atoms with van der Waals surface area (Å²) in [6, 6.07) is 6.60. The van der Waals surface area contributed by atoms with Gasteiger partial charge in [-0.25, -0.2) is 0 Å². The van der Waals surface area contributed by atoms with Gasteiger partial charge in [0.15, 0.2) is 0 Å². The van der Waals surface area contributed by atoms with E-state index >= 15 is 0 Å². The molecule has 0 aliphatic heterocycles. The first-order valence-corrected chi connectivity index (χ1v) is 7.76. The van der Waals surface area contributed by atoms with E-state index in [0.717, 1.165) is 25.2 Å². The lowest BCUT2D eigenvalue weighted by Crippen LogP contribution is -2.13. The van der Waals surface area contributed by atoms with Crippen molar-refractivity contribution in [1.29, 1.82) is 0 Å². The molecule has 0 spiro atoms. The first kappa shape index (κ1) is 16.4. The maximum atomic E-state index is 5.89. The smallest absolute Gasteiger partial charge is 0.122 e. The molecule has 1 rings (SSSR count). The molecule has 0 amide bonds. The van der Waals surface area contributed by atoms with Gasteiger partial charge in [0.2, 0.25) is 0 Å². The van der Waals surface area contributed by atoms with Crippen LogP contribution in [0, 0.1) is 0 Å². The molecule has 0 fully saturated rings. The van der Waals surface area contributed by atoms with Gasteiger partial charge in [-0.3, -0.25) is 0 Å². The van der Waals surface area contributed by atoms with Crippen molar-refractivity contribution in [3.63, 3.8) is 0 Å². The second-order valence-corrected chi connectivity index (χ2v) is 6.61. The molecular formula is C17H27ClO. The van der Waals surface area contributed by atoms with Crippen LogP contribution < -0.4 is 4.74 Å². The monoisotopic (exact) mass is 282 g/mol. The van der Waals surface area contributed by atoms with Crippen LogP contribution in [0.1, 0.15) is 64.5 Å². The van der Waals surface area contributed by atoms with Gasteiger partial charge in [0.25, 0.3) is 0 Å². The van der Waals surface area contributed by atoms with E-state index in [1.165, 1.54) is 11.1 Å². The van der Waals surface area contributed by atoms with Crippen LogP contribution in [0.3, 0.4) is 0 Å². The number of alkyl halides is 1. The Morgan fingerprint density at radius 2 is 1.95 bits per heavy atom. The molecule has 0 aromatic heterocycles. The molecule has 19 heavy (non-hydrogen) atoms. The summed E-state index contributed by atoms with van der Waals surface area (Å²) in [5, 5.41) is 0. The van der Waals surface area contributed by atoms with Gasteiger partial charge in [0, 0.05) is 5.88 Å². The fourth-order valence-electron chi connectivity index (χ4n) is 2.06. The number of ether oxygens (including phenoxy) is 1. The van der Waals surface area contributed by atoms with Gasteiger partial charge < -0.3 is 4.74 Å². The van der Waals surface area contributed by atoms with Crippen LogP contribution in [0.5, 0.6) is 5.75 Å². The lowest BCUT2D eigenvalue weighted by atomic mass is 9.84. The van der Waals surface area contributed by atoms with E-state index in [0.29, 0.717) is 11.8 Å². The molecule has 0 radical (unpaired) electrons. The van der Waals surface area contributed by atoms with Crippen molar-refractivity contribution < 1.29 is 4.74 Å². The maximum absolute atomic E-state index is 5.89. The summed E-state index contributed by atoms with van der Waals surface area (Å²) in [5.74, 6) is 2.15. The summed E-state index contributed by atoms with van der Waals surface area (Å²) in [6.45, 7) is 11.9. The van der Waals surface area contributed by atoms with Gasteiger partial charge >= 0.3 is 0 Å². The van der Waals surface area contributed by atoms with Crippen LogP contribution in [-0.2, 0) is 5.41 Å². The molecule has 1 aromatic carbocycles. The van der Waals surface area contributed by atoms with E-state index in [1.807, 2.05) is 0 Å². The highest BCUT2D eigenvalue weighted by atomic mass is 35.5. The van der Waals surface area contributed by atoms with Crippen molar-refractivity contribution in [3.8, 4) is 5.75 Å². The van der Waals surface area contributed by atoms with Crippen LogP contribution in [0.25, 0.3) is 0 Å². The van der Waals surface area contributed by atoms with E-state index in [2.05, 4.69) is 52.8 Å². The standard InChI is InChI=1S/C17H27ClO/c1-6-11-19-16-8-7-14(17(3,4)5)12-15(16)13(2)9-10-18/h7-8,12-13H,6,9-11H2,1-5H3. The first-order valence-electron chi connectivity index (χ1n) is 7.23. The number of hydrogen-bond acceptors (Lipinski definition) is 1. The minimum absolute atomic E-state index is 0.165. The number of benzene rings is 1. The van der Waals surface area contributed by atoms with Crippen LogP contribution in [0.15, 0.2) is 18.2 Å². The minimum Gasteiger partial charge on any atom is -0.493 e. The van der Waals surface area contributed by atoms with Crippen molar-refractivity contribution >= 4 is 11.6 Å². The molecule has 0 aliphatic carbocycles. The van der Waals surface area contributed by atoms with Gasteiger partial charge in [0.1, 0.15) is 5.75 Å². The molecule has 1 aromatic rings. The third-order valence-electron chi connectivity index (χ3n) is 3.41. The van der Waals surface area contributed by atoms with E-state index in [4.69, 9.17) is 16.3 Å². The predicted octanol–water partition coefficient (Wildman–Crippen LogP) is 5.51. The van der Waals surface area contributed by atoms with Gasteiger partial charge in [-0.1, -0.05) is 46.8 Å². The molecule has 1 unspecified atom stereocenters. The summed E-state index contributed by atoms with van der Waals surface area (Å²) >= 11 is 5.89. The van der Waals surface area contributed by atoms with E-state index in [9.17, 15) is 0 Å². The third-order valence-corrected chi connectivity index (χ3v) is 3.63. The number of rotatable bonds is 6. The molecule has 1 atom stereocenters. The molecule has 0 saturated carbocycles. The van der Waals surface area contributed by atoms with Gasteiger partial charge in [-0.05, 0) is 41.4 Å². The van der Waals surface area contributed by atoms with Crippen LogP contribution >= 0.6 is 11.6 Å². The molecule has 0 N–H and O–H groups in total. The quantitative estimate of drug-likeness (QED) is 0.626. The van der Waals surface area contributed by atoms with E-state index < -0.39 is 0 Å². The average Bonchev–Trinajstić information content (AvgIpc) is 2.35. The fraction of sp³-hybridized carbons (Fsp3) is 0.647. The van der Waals surface area contributed by atoms with Gasteiger partial charge in [-0.2, -0.15) is 0 Å². The Morgan fingerprint density at radius 1 is 1.26 bits per heavy atom. The summed E-state index contributed by atoms with van der Waals surface area (Å²) < 4.78 is 5.88. The van der Waals surface area contributed by atoms with E-state index in [1.54, 1.807) is 0 Å². The Morgan fingerprint density at radius 3 is 2.47 bits per heavy atom. The van der Waals surface area contributed by atoms with Crippen LogP contribution in [-0.4, -0.2) is 12.5 Å². The second kappa shape index (κ2) is 7.19.